The predicted octanol–water partition coefficient (Wildman–Crippen LogP) is 4.16. The van der Waals surface area contributed by atoms with Gasteiger partial charge in [-0.3, -0.25) is 9.59 Å². The average molecular weight is 398 g/mol. The van der Waals surface area contributed by atoms with Crippen LogP contribution >= 0.6 is 11.8 Å². The Morgan fingerprint density at radius 3 is 2.36 bits per heavy atom. The Labute approximate surface area is 167 Å². The number of aromatic carboxylic acids is 1. The molecule has 0 aromatic heterocycles. The summed E-state index contributed by atoms with van der Waals surface area (Å²) in [5.74, 6) is -1.03. The molecule has 6 nitrogen and oxygen atoms in total. The van der Waals surface area contributed by atoms with Gasteiger partial charge >= 0.3 is 5.97 Å². The van der Waals surface area contributed by atoms with E-state index in [2.05, 4.69) is 10.6 Å². The molecule has 0 aliphatic heterocycles. The van der Waals surface area contributed by atoms with Gasteiger partial charge in [-0.05, 0) is 68.7 Å². The molecule has 3 rings (SSSR count). The van der Waals surface area contributed by atoms with Gasteiger partial charge in [0.1, 0.15) is 0 Å². The Hall–Kier alpha value is -2.80. The van der Waals surface area contributed by atoms with Crippen LogP contribution in [-0.2, 0) is 9.59 Å². The van der Waals surface area contributed by atoms with E-state index in [0.29, 0.717) is 5.69 Å². The van der Waals surface area contributed by atoms with Crippen molar-refractivity contribution in [1.82, 2.24) is 0 Å². The standard InChI is InChI=1S/C21H22N2O4S/c1-12-3-4-15(21(26)27)11-18(12)23-19(24)13(2)28-17-9-7-16(8-10-17)22-20(25)14-5-6-14/h3-4,7-11,13-14H,5-6H2,1-2H3,(H,22,25)(H,23,24)(H,26,27). The number of hydrogen-bond donors (Lipinski definition) is 3. The van der Waals surface area contributed by atoms with E-state index in [-0.39, 0.29) is 28.5 Å². The molecule has 2 amide bonds. The Kier molecular flexibility index (Phi) is 6.04. The normalized spacial score (nSPS) is 14.2. The number of amides is 2. The van der Waals surface area contributed by atoms with Gasteiger partial charge in [0.15, 0.2) is 0 Å². The first-order valence-corrected chi connectivity index (χ1v) is 9.94. The maximum atomic E-state index is 12.5. The van der Waals surface area contributed by atoms with Crippen molar-refractivity contribution >= 4 is 40.9 Å². The van der Waals surface area contributed by atoms with Crippen LogP contribution in [0.15, 0.2) is 47.4 Å². The molecule has 1 unspecified atom stereocenters. The minimum Gasteiger partial charge on any atom is -0.478 e. The second-order valence-electron chi connectivity index (χ2n) is 6.87. The topological polar surface area (TPSA) is 95.5 Å². The van der Waals surface area contributed by atoms with E-state index in [1.54, 1.807) is 13.0 Å². The summed E-state index contributed by atoms with van der Waals surface area (Å²) in [5.41, 5.74) is 2.17. The lowest BCUT2D eigenvalue weighted by molar-refractivity contribution is -0.117. The van der Waals surface area contributed by atoms with Crippen LogP contribution in [0, 0.1) is 12.8 Å². The molecule has 0 bridgehead atoms. The molecule has 0 heterocycles. The molecule has 1 saturated carbocycles. The van der Waals surface area contributed by atoms with E-state index < -0.39 is 5.97 Å². The third kappa shape index (κ3) is 5.13. The number of nitrogens with one attached hydrogen (secondary N) is 2. The maximum Gasteiger partial charge on any atom is 0.335 e. The number of anilines is 2. The summed E-state index contributed by atoms with van der Waals surface area (Å²) >= 11 is 1.39. The van der Waals surface area contributed by atoms with Gasteiger partial charge in [0, 0.05) is 22.2 Å². The summed E-state index contributed by atoms with van der Waals surface area (Å²) in [6.07, 6.45) is 1.92. The van der Waals surface area contributed by atoms with E-state index >= 15 is 0 Å². The molecular formula is C21H22N2O4S. The van der Waals surface area contributed by atoms with E-state index in [4.69, 9.17) is 5.11 Å². The number of hydrogen-bond acceptors (Lipinski definition) is 4. The zero-order valence-electron chi connectivity index (χ0n) is 15.7. The van der Waals surface area contributed by atoms with Crippen molar-refractivity contribution in [3.63, 3.8) is 0 Å². The van der Waals surface area contributed by atoms with Crippen LogP contribution in [0.3, 0.4) is 0 Å². The number of thioether (sulfide) groups is 1. The molecular weight excluding hydrogens is 376 g/mol. The summed E-state index contributed by atoms with van der Waals surface area (Å²) in [7, 11) is 0. The zero-order chi connectivity index (χ0) is 20.3. The predicted molar refractivity (Wildman–Crippen MR) is 110 cm³/mol. The summed E-state index contributed by atoms with van der Waals surface area (Å²) in [5, 5.41) is 14.4. The molecule has 1 aliphatic carbocycles. The zero-order valence-corrected chi connectivity index (χ0v) is 16.5. The van der Waals surface area contributed by atoms with Crippen molar-refractivity contribution in [2.75, 3.05) is 10.6 Å². The molecule has 1 fully saturated rings. The third-order valence-electron chi connectivity index (χ3n) is 4.49. The quantitative estimate of drug-likeness (QED) is 0.609. The molecule has 1 atom stereocenters. The molecule has 0 spiro atoms. The van der Waals surface area contributed by atoms with Crippen LogP contribution < -0.4 is 10.6 Å². The maximum absolute atomic E-state index is 12.5. The Morgan fingerprint density at radius 1 is 1.07 bits per heavy atom. The van der Waals surface area contributed by atoms with Crippen molar-refractivity contribution in [2.24, 2.45) is 5.92 Å². The molecule has 7 heteroatoms. The molecule has 2 aromatic rings. The molecule has 28 heavy (non-hydrogen) atoms. The minimum absolute atomic E-state index is 0.0621. The summed E-state index contributed by atoms with van der Waals surface area (Å²) < 4.78 is 0. The molecule has 2 aromatic carbocycles. The van der Waals surface area contributed by atoms with Gasteiger partial charge in [-0.25, -0.2) is 4.79 Å². The summed E-state index contributed by atoms with van der Waals surface area (Å²) in [4.78, 5) is 36.3. The smallest absolute Gasteiger partial charge is 0.335 e. The first-order valence-electron chi connectivity index (χ1n) is 9.06. The lowest BCUT2D eigenvalue weighted by Crippen LogP contribution is -2.23. The van der Waals surface area contributed by atoms with Crippen molar-refractivity contribution in [1.29, 1.82) is 0 Å². The van der Waals surface area contributed by atoms with E-state index in [1.807, 2.05) is 31.2 Å². The van der Waals surface area contributed by atoms with E-state index in [1.165, 1.54) is 23.9 Å². The SMILES string of the molecule is Cc1ccc(C(=O)O)cc1NC(=O)C(C)Sc1ccc(NC(=O)C2CC2)cc1. The van der Waals surface area contributed by atoms with E-state index in [9.17, 15) is 14.4 Å². The monoisotopic (exact) mass is 398 g/mol. The highest BCUT2D eigenvalue weighted by Crippen LogP contribution is 2.31. The first-order chi connectivity index (χ1) is 13.3. The van der Waals surface area contributed by atoms with Crippen molar-refractivity contribution in [2.45, 2.75) is 36.8 Å². The Bertz CT molecular complexity index is 907. The fraction of sp³-hybridized carbons (Fsp3) is 0.286. The van der Waals surface area contributed by atoms with Gasteiger partial charge < -0.3 is 15.7 Å². The number of carboxylic acid groups (broad SMARTS) is 1. The lowest BCUT2D eigenvalue weighted by Gasteiger charge is -2.14. The molecule has 146 valence electrons. The fourth-order valence-electron chi connectivity index (χ4n) is 2.59. The lowest BCUT2D eigenvalue weighted by atomic mass is 10.1. The number of carboxylic acids is 1. The number of rotatable bonds is 7. The van der Waals surface area contributed by atoms with Gasteiger partial charge in [0.25, 0.3) is 0 Å². The second-order valence-corrected chi connectivity index (χ2v) is 8.29. The van der Waals surface area contributed by atoms with E-state index in [0.717, 1.165) is 29.0 Å². The third-order valence-corrected chi connectivity index (χ3v) is 5.61. The number of carbonyl (C=O) groups excluding carboxylic acids is 2. The molecule has 1 aliphatic rings. The van der Waals surface area contributed by atoms with Crippen molar-refractivity contribution in [3.05, 3.63) is 53.6 Å². The molecule has 0 radical (unpaired) electrons. The van der Waals surface area contributed by atoms with Gasteiger partial charge in [0.05, 0.1) is 10.8 Å². The van der Waals surface area contributed by atoms with Gasteiger partial charge in [0.2, 0.25) is 11.8 Å². The van der Waals surface area contributed by atoms with Crippen LogP contribution in [0.5, 0.6) is 0 Å². The number of aryl methyl sites for hydroxylation is 1. The number of benzene rings is 2. The summed E-state index contributed by atoms with van der Waals surface area (Å²) in [6, 6.07) is 12.0. The fourth-order valence-corrected chi connectivity index (χ4v) is 3.46. The van der Waals surface area contributed by atoms with Gasteiger partial charge in [-0.2, -0.15) is 0 Å². The second kappa shape index (κ2) is 8.48. The number of carbonyl (C=O) groups is 3. The molecule has 0 saturated heterocycles. The highest BCUT2D eigenvalue weighted by molar-refractivity contribution is 8.00. The Morgan fingerprint density at radius 2 is 1.75 bits per heavy atom. The highest BCUT2D eigenvalue weighted by atomic mass is 32.2. The average Bonchev–Trinajstić information content (AvgIpc) is 3.50. The van der Waals surface area contributed by atoms with Crippen molar-refractivity contribution in [3.8, 4) is 0 Å². The van der Waals surface area contributed by atoms with Crippen LogP contribution in [0.25, 0.3) is 0 Å². The van der Waals surface area contributed by atoms with Crippen molar-refractivity contribution < 1.29 is 19.5 Å². The summed E-state index contributed by atoms with van der Waals surface area (Å²) in [6.45, 7) is 3.60. The molecule has 3 N–H and O–H groups in total. The van der Waals surface area contributed by atoms with Gasteiger partial charge in [-0.1, -0.05) is 6.07 Å². The van der Waals surface area contributed by atoms with Crippen LogP contribution in [-0.4, -0.2) is 28.1 Å². The highest BCUT2D eigenvalue weighted by Gasteiger charge is 2.29. The van der Waals surface area contributed by atoms with Crippen LogP contribution in [0.4, 0.5) is 11.4 Å². The van der Waals surface area contributed by atoms with Crippen LogP contribution in [0.1, 0.15) is 35.7 Å². The Balaban J connectivity index is 1.58. The minimum atomic E-state index is -1.04. The largest absolute Gasteiger partial charge is 0.478 e. The van der Waals surface area contributed by atoms with Crippen LogP contribution in [0.2, 0.25) is 0 Å². The first kappa shape index (κ1) is 19.9. The van der Waals surface area contributed by atoms with Gasteiger partial charge in [-0.15, -0.1) is 11.8 Å².